The maximum Gasteiger partial charge on any atom is -0.0103 e. The molecule has 4 aromatic carbocycles. The molecule has 0 saturated heterocycles. The fraction of sp³-hybridized carbons (Fsp3) is 0.0769. The van der Waals surface area contributed by atoms with Crippen LogP contribution in [0.1, 0.15) is 18.1 Å². The zero-order chi connectivity index (χ0) is 18.1. The molecule has 4 aromatic rings. The van der Waals surface area contributed by atoms with E-state index in [2.05, 4.69) is 99.3 Å². The number of hydrogen-bond acceptors (Lipinski definition) is 0. The first-order chi connectivity index (χ1) is 12.7. The first kappa shape index (κ1) is 16.4. The molecule has 0 unspecified atom stereocenters. The Kier molecular flexibility index (Phi) is 4.18. The summed E-state index contributed by atoms with van der Waals surface area (Å²) in [5.41, 5.74) is 3.94. The standard InChI is InChI=1S/C26H22/c1-18-10-4-6-12-22(18)25-15-9-8-13-23(25)20(3)26-19(2)16-17-21-11-5-7-14-24(21)26/h4-17H,1H2,2-3H3/b23-20+,25-22-. The average molecular weight is 334 g/mol. The predicted octanol–water partition coefficient (Wildman–Crippen LogP) is 5.06. The first-order valence-corrected chi connectivity index (χ1v) is 9.00. The van der Waals surface area contributed by atoms with E-state index in [4.69, 9.17) is 0 Å². The summed E-state index contributed by atoms with van der Waals surface area (Å²) in [6.45, 7) is 8.66. The lowest BCUT2D eigenvalue weighted by Crippen LogP contribution is -2.12. The van der Waals surface area contributed by atoms with Crippen LogP contribution in [0.25, 0.3) is 22.9 Å². The lowest BCUT2D eigenvalue weighted by atomic mass is 9.92. The highest BCUT2D eigenvalue weighted by molar-refractivity contribution is 5.94. The average Bonchev–Trinajstić information content (AvgIpc) is 2.68. The molecule has 4 rings (SSSR count). The Balaban J connectivity index is 2.25. The van der Waals surface area contributed by atoms with Gasteiger partial charge in [-0.3, -0.25) is 0 Å². The van der Waals surface area contributed by atoms with Crippen LogP contribution in [0.4, 0.5) is 0 Å². The van der Waals surface area contributed by atoms with Gasteiger partial charge >= 0.3 is 0 Å². The molecule has 0 bridgehead atoms. The predicted molar refractivity (Wildman–Crippen MR) is 112 cm³/mol. The Hall–Kier alpha value is -3.12. The first-order valence-electron chi connectivity index (χ1n) is 9.00. The van der Waals surface area contributed by atoms with Gasteiger partial charge in [-0.1, -0.05) is 91.5 Å². The molecule has 0 spiro atoms. The van der Waals surface area contributed by atoms with Crippen LogP contribution in [-0.2, 0) is 0 Å². The van der Waals surface area contributed by atoms with Crippen molar-refractivity contribution in [2.24, 2.45) is 0 Å². The van der Waals surface area contributed by atoms with Gasteiger partial charge in [0.1, 0.15) is 0 Å². The van der Waals surface area contributed by atoms with Gasteiger partial charge in [-0.2, -0.15) is 0 Å². The lowest BCUT2D eigenvalue weighted by molar-refractivity contribution is 1.36. The maximum atomic E-state index is 4.23. The molecular weight excluding hydrogens is 312 g/mol. The third kappa shape index (κ3) is 2.74. The van der Waals surface area contributed by atoms with E-state index in [1.807, 2.05) is 6.07 Å². The van der Waals surface area contributed by atoms with Crippen molar-refractivity contribution >= 4 is 22.9 Å². The van der Waals surface area contributed by atoms with Crippen LogP contribution in [0.5, 0.6) is 0 Å². The fourth-order valence-corrected chi connectivity index (χ4v) is 3.84. The van der Waals surface area contributed by atoms with E-state index in [0.717, 1.165) is 5.22 Å². The SMILES string of the molecule is C=c1cccc/c1=c1\cccc\c1=C(\C)c1c(C)ccc2ccccc12. The molecule has 0 radical (unpaired) electrons. The summed E-state index contributed by atoms with van der Waals surface area (Å²) >= 11 is 0. The Morgan fingerprint density at radius 2 is 1.35 bits per heavy atom. The van der Waals surface area contributed by atoms with Gasteiger partial charge in [-0.05, 0) is 62.2 Å². The third-order valence-electron chi connectivity index (χ3n) is 5.15. The molecule has 0 fully saturated rings. The monoisotopic (exact) mass is 334 g/mol. The Bertz CT molecular complexity index is 1310. The fourth-order valence-electron chi connectivity index (χ4n) is 3.84. The smallest absolute Gasteiger partial charge is 0.0103 e. The van der Waals surface area contributed by atoms with Gasteiger partial charge in [-0.15, -0.1) is 0 Å². The van der Waals surface area contributed by atoms with Crippen molar-refractivity contribution in [1.82, 2.24) is 0 Å². The van der Waals surface area contributed by atoms with E-state index >= 15 is 0 Å². The summed E-state index contributed by atoms with van der Waals surface area (Å²) in [5.74, 6) is 0. The number of aryl methyl sites for hydroxylation is 1. The zero-order valence-corrected chi connectivity index (χ0v) is 15.3. The second-order valence-corrected chi connectivity index (χ2v) is 6.81. The topological polar surface area (TPSA) is 0 Å². The van der Waals surface area contributed by atoms with Crippen LogP contribution in [0.2, 0.25) is 0 Å². The van der Waals surface area contributed by atoms with Gasteiger partial charge in [0.2, 0.25) is 0 Å². The molecule has 0 aliphatic rings. The summed E-state index contributed by atoms with van der Waals surface area (Å²) in [6.07, 6.45) is 0. The molecule has 0 N–H and O–H groups in total. The molecule has 26 heavy (non-hydrogen) atoms. The van der Waals surface area contributed by atoms with E-state index in [9.17, 15) is 0 Å². The number of hydrogen-bond donors (Lipinski definition) is 0. The van der Waals surface area contributed by atoms with Crippen molar-refractivity contribution in [3.8, 4) is 0 Å². The minimum absolute atomic E-state index is 1.06. The highest BCUT2D eigenvalue weighted by Gasteiger charge is 2.07. The molecule has 0 atom stereocenters. The zero-order valence-electron chi connectivity index (χ0n) is 15.3. The molecule has 126 valence electrons. The summed E-state index contributed by atoms with van der Waals surface area (Å²) in [4.78, 5) is 0. The lowest BCUT2D eigenvalue weighted by Gasteiger charge is -2.12. The maximum absolute atomic E-state index is 4.23. The van der Waals surface area contributed by atoms with Crippen LogP contribution >= 0.6 is 0 Å². The summed E-state index contributed by atoms with van der Waals surface area (Å²) < 4.78 is 0. The Morgan fingerprint density at radius 3 is 2.15 bits per heavy atom. The molecule has 0 amide bonds. The molecule has 0 aliphatic carbocycles. The van der Waals surface area contributed by atoms with Crippen LogP contribution < -0.4 is 10.4 Å². The molecule has 0 aromatic heterocycles. The highest BCUT2D eigenvalue weighted by atomic mass is 14.1. The van der Waals surface area contributed by atoms with Crippen LogP contribution in [0, 0.1) is 17.4 Å². The normalized spacial score (nSPS) is 13.6. The van der Waals surface area contributed by atoms with Gasteiger partial charge < -0.3 is 0 Å². The summed E-state index contributed by atoms with van der Waals surface area (Å²) in [5, 5.41) is 7.35. The van der Waals surface area contributed by atoms with Gasteiger partial charge in [0.15, 0.2) is 0 Å². The number of benzene rings is 4. The van der Waals surface area contributed by atoms with Gasteiger partial charge in [0.05, 0.1) is 0 Å². The van der Waals surface area contributed by atoms with Crippen LogP contribution in [0.15, 0.2) is 84.9 Å². The molecule has 0 aliphatic heterocycles. The highest BCUT2D eigenvalue weighted by Crippen LogP contribution is 2.27. The van der Waals surface area contributed by atoms with E-state index in [0.29, 0.717) is 0 Å². The van der Waals surface area contributed by atoms with Crippen molar-refractivity contribution < 1.29 is 0 Å². The van der Waals surface area contributed by atoms with Crippen LogP contribution in [-0.4, -0.2) is 0 Å². The molecule has 0 heterocycles. The number of fused-ring (bicyclic) bond motifs is 1. The molecule has 0 nitrogen and oxygen atoms in total. The third-order valence-corrected chi connectivity index (χ3v) is 5.15. The second kappa shape index (κ2) is 6.65. The van der Waals surface area contributed by atoms with Crippen molar-refractivity contribution in [2.45, 2.75) is 13.8 Å². The van der Waals surface area contributed by atoms with E-state index in [1.54, 1.807) is 0 Å². The van der Waals surface area contributed by atoms with E-state index in [1.165, 1.54) is 43.1 Å². The second-order valence-electron chi connectivity index (χ2n) is 6.81. The Labute approximate surface area is 154 Å². The van der Waals surface area contributed by atoms with Crippen molar-refractivity contribution in [3.05, 3.63) is 117 Å². The molecule has 0 saturated carbocycles. The molecule has 0 heteroatoms. The van der Waals surface area contributed by atoms with Crippen LogP contribution in [0.3, 0.4) is 0 Å². The molecular formula is C26H22. The van der Waals surface area contributed by atoms with Gasteiger partial charge in [0.25, 0.3) is 0 Å². The summed E-state index contributed by atoms with van der Waals surface area (Å²) in [7, 11) is 0. The quantitative estimate of drug-likeness (QED) is 0.456. The summed E-state index contributed by atoms with van der Waals surface area (Å²) in [6, 6.07) is 30.1. The van der Waals surface area contributed by atoms with Gasteiger partial charge in [0, 0.05) is 0 Å². The minimum atomic E-state index is 1.06. The Morgan fingerprint density at radius 1 is 0.692 bits per heavy atom. The van der Waals surface area contributed by atoms with E-state index < -0.39 is 0 Å². The van der Waals surface area contributed by atoms with E-state index in [-0.39, 0.29) is 0 Å². The largest absolute Gasteiger partial charge is 0.0911 e. The van der Waals surface area contributed by atoms with Crippen molar-refractivity contribution in [3.63, 3.8) is 0 Å². The van der Waals surface area contributed by atoms with Gasteiger partial charge in [-0.25, -0.2) is 0 Å². The van der Waals surface area contributed by atoms with Crippen molar-refractivity contribution in [2.75, 3.05) is 0 Å². The van der Waals surface area contributed by atoms with Crippen molar-refractivity contribution in [1.29, 1.82) is 0 Å². The number of rotatable bonds is 1. The minimum Gasteiger partial charge on any atom is -0.0911 e.